The average molecular weight is 494 g/mol. The average Bonchev–Trinajstić information content (AvgIpc) is 2.87. The summed E-state index contributed by atoms with van der Waals surface area (Å²) in [6, 6.07) is 12.5. The van der Waals surface area contributed by atoms with Crippen molar-refractivity contribution in [2.45, 2.75) is 44.7 Å². The monoisotopic (exact) mass is 493 g/mol. The lowest BCUT2D eigenvalue weighted by molar-refractivity contribution is 0.0889. The summed E-state index contributed by atoms with van der Waals surface area (Å²) in [4.78, 5) is 41.0. The minimum absolute atomic E-state index is 0.0693. The molecule has 1 heterocycles. The van der Waals surface area contributed by atoms with E-state index in [1.807, 2.05) is 0 Å². The molecule has 0 spiro atoms. The molecule has 1 saturated carbocycles. The van der Waals surface area contributed by atoms with Crippen LogP contribution in [0.2, 0.25) is 0 Å². The molecular formula is C27H25F2N3O4. The standard InChI is InChI=1S/C27H25F2N3O4/c1-16(33)17-3-2-4-18(13-17)25(34)31-21-7-9-22(10-8-21)32-26(35)24-14-20(29)15-30-27(24)36-23-11-5-19(28)6-12-23/h2-6,11-15,21-22H,7-10H2,1H3,(H,31,34)(H,32,35). The van der Waals surface area contributed by atoms with Gasteiger partial charge in [0.25, 0.3) is 11.8 Å². The first-order valence-electron chi connectivity index (χ1n) is 11.6. The number of nitrogens with one attached hydrogen (secondary N) is 2. The summed E-state index contributed by atoms with van der Waals surface area (Å²) < 4.78 is 32.6. The second-order valence-corrected chi connectivity index (χ2v) is 8.69. The number of carbonyl (C=O) groups is 3. The number of ketones is 1. The van der Waals surface area contributed by atoms with Crippen LogP contribution in [0.5, 0.6) is 11.6 Å². The van der Waals surface area contributed by atoms with Crippen molar-refractivity contribution in [3.63, 3.8) is 0 Å². The van der Waals surface area contributed by atoms with Gasteiger partial charge >= 0.3 is 0 Å². The van der Waals surface area contributed by atoms with Crippen LogP contribution in [0.15, 0.2) is 60.8 Å². The van der Waals surface area contributed by atoms with E-state index in [0.29, 0.717) is 36.8 Å². The molecule has 0 bridgehead atoms. The third kappa shape index (κ3) is 6.29. The molecule has 0 unspecified atom stereocenters. The first-order valence-corrected chi connectivity index (χ1v) is 11.6. The van der Waals surface area contributed by atoms with Crippen molar-refractivity contribution in [1.82, 2.24) is 15.6 Å². The summed E-state index contributed by atoms with van der Waals surface area (Å²) in [5.41, 5.74) is 0.828. The number of halogens is 2. The summed E-state index contributed by atoms with van der Waals surface area (Å²) >= 11 is 0. The van der Waals surface area contributed by atoms with Gasteiger partial charge in [-0.25, -0.2) is 13.8 Å². The van der Waals surface area contributed by atoms with Crippen molar-refractivity contribution >= 4 is 17.6 Å². The summed E-state index contributed by atoms with van der Waals surface area (Å²) in [6.07, 6.45) is 3.45. The molecular weight excluding hydrogens is 468 g/mol. The van der Waals surface area contributed by atoms with Gasteiger partial charge in [-0.15, -0.1) is 0 Å². The number of ether oxygens (including phenoxy) is 1. The number of rotatable bonds is 7. The lowest BCUT2D eigenvalue weighted by atomic mass is 9.90. The van der Waals surface area contributed by atoms with Crippen LogP contribution in [-0.4, -0.2) is 34.7 Å². The van der Waals surface area contributed by atoms with Crippen molar-refractivity contribution in [2.75, 3.05) is 0 Å². The van der Waals surface area contributed by atoms with E-state index in [-0.39, 0.29) is 41.0 Å². The smallest absolute Gasteiger partial charge is 0.257 e. The molecule has 4 rings (SSSR count). The fourth-order valence-electron chi connectivity index (χ4n) is 4.08. The number of pyridine rings is 1. The Hall–Kier alpha value is -4.14. The van der Waals surface area contributed by atoms with Gasteiger partial charge in [-0.05, 0) is 75.1 Å². The van der Waals surface area contributed by atoms with Crippen LogP contribution in [0.4, 0.5) is 8.78 Å². The summed E-state index contributed by atoms with van der Waals surface area (Å²) in [7, 11) is 0. The van der Waals surface area contributed by atoms with Crippen LogP contribution < -0.4 is 15.4 Å². The largest absolute Gasteiger partial charge is 0.438 e. The number of carbonyl (C=O) groups excluding carboxylic acids is 3. The highest BCUT2D eigenvalue weighted by molar-refractivity contribution is 5.99. The molecule has 186 valence electrons. The first-order chi connectivity index (χ1) is 17.3. The molecule has 2 aromatic carbocycles. The van der Waals surface area contributed by atoms with Gasteiger partial charge in [-0.2, -0.15) is 0 Å². The Morgan fingerprint density at radius 2 is 1.44 bits per heavy atom. The number of benzene rings is 2. The Bertz CT molecular complexity index is 1270. The minimum atomic E-state index is -0.688. The fourth-order valence-corrected chi connectivity index (χ4v) is 4.08. The molecule has 0 radical (unpaired) electrons. The van der Waals surface area contributed by atoms with Crippen LogP contribution >= 0.6 is 0 Å². The maximum atomic E-state index is 13.9. The van der Waals surface area contributed by atoms with Gasteiger partial charge in [-0.3, -0.25) is 14.4 Å². The van der Waals surface area contributed by atoms with Gasteiger partial charge in [0.2, 0.25) is 5.88 Å². The van der Waals surface area contributed by atoms with Gasteiger partial charge in [0.05, 0.1) is 6.20 Å². The van der Waals surface area contributed by atoms with E-state index >= 15 is 0 Å². The van der Waals surface area contributed by atoms with Crippen LogP contribution in [-0.2, 0) is 0 Å². The highest BCUT2D eigenvalue weighted by atomic mass is 19.1. The Labute approximate surface area is 206 Å². The Morgan fingerprint density at radius 1 is 0.833 bits per heavy atom. The van der Waals surface area contributed by atoms with E-state index in [0.717, 1.165) is 12.3 Å². The van der Waals surface area contributed by atoms with Crippen molar-refractivity contribution < 1.29 is 27.9 Å². The predicted octanol–water partition coefficient (Wildman–Crippen LogP) is 4.83. The maximum absolute atomic E-state index is 13.9. The molecule has 7 nitrogen and oxygen atoms in total. The number of Topliss-reactive ketones (excluding diaryl/α,β-unsaturated/α-hetero) is 1. The number of hydrogen-bond donors (Lipinski definition) is 2. The molecule has 0 atom stereocenters. The van der Waals surface area contributed by atoms with E-state index in [9.17, 15) is 23.2 Å². The molecule has 2 N–H and O–H groups in total. The SMILES string of the molecule is CC(=O)c1cccc(C(=O)NC2CCC(NC(=O)c3cc(F)cnc3Oc3ccc(F)cc3)CC2)c1. The van der Waals surface area contributed by atoms with Gasteiger partial charge in [0.1, 0.15) is 22.9 Å². The van der Waals surface area contributed by atoms with Crippen molar-refractivity contribution in [2.24, 2.45) is 0 Å². The Morgan fingerprint density at radius 3 is 2.08 bits per heavy atom. The van der Waals surface area contributed by atoms with Crippen LogP contribution in [0, 0.1) is 11.6 Å². The maximum Gasteiger partial charge on any atom is 0.257 e. The second kappa shape index (κ2) is 11.1. The van der Waals surface area contributed by atoms with E-state index in [2.05, 4.69) is 15.6 Å². The molecule has 0 saturated heterocycles. The molecule has 1 aliphatic rings. The molecule has 1 fully saturated rings. The molecule has 3 aromatic rings. The van der Waals surface area contributed by atoms with Crippen molar-refractivity contribution in [1.29, 1.82) is 0 Å². The zero-order valence-corrected chi connectivity index (χ0v) is 19.6. The number of hydrogen-bond acceptors (Lipinski definition) is 5. The van der Waals surface area contributed by atoms with E-state index in [4.69, 9.17) is 4.74 Å². The first kappa shape index (κ1) is 25.0. The van der Waals surface area contributed by atoms with Crippen molar-refractivity contribution in [3.8, 4) is 11.6 Å². The Balaban J connectivity index is 1.34. The zero-order chi connectivity index (χ0) is 25.7. The molecule has 1 aliphatic carbocycles. The van der Waals surface area contributed by atoms with Crippen LogP contribution in [0.3, 0.4) is 0 Å². The molecule has 9 heteroatoms. The number of aromatic nitrogens is 1. The van der Waals surface area contributed by atoms with E-state index in [1.54, 1.807) is 24.3 Å². The highest BCUT2D eigenvalue weighted by Gasteiger charge is 2.26. The fraction of sp³-hybridized carbons (Fsp3) is 0.259. The lowest BCUT2D eigenvalue weighted by Crippen LogP contribution is -2.44. The van der Waals surface area contributed by atoms with Gasteiger partial charge in [0.15, 0.2) is 5.78 Å². The van der Waals surface area contributed by atoms with E-state index < -0.39 is 17.5 Å². The molecule has 36 heavy (non-hydrogen) atoms. The molecule has 2 amide bonds. The third-order valence-corrected chi connectivity index (χ3v) is 6.02. The van der Waals surface area contributed by atoms with E-state index in [1.165, 1.54) is 31.2 Å². The van der Waals surface area contributed by atoms with Gasteiger partial charge < -0.3 is 15.4 Å². The third-order valence-electron chi connectivity index (χ3n) is 6.02. The van der Waals surface area contributed by atoms with Crippen LogP contribution in [0.1, 0.15) is 63.7 Å². The summed E-state index contributed by atoms with van der Waals surface area (Å²) in [6.45, 7) is 1.45. The topological polar surface area (TPSA) is 97.4 Å². The Kier molecular flexibility index (Phi) is 7.68. The molecule has 1 aromatic heterocycles. The number of amides is 2. The molecule has 0 aliphatic heterocycles. The van der Waals surface area contributed by atoms with Gasteiger partial charge in [0, 0.05) is 23.2 Å². The highest BCUT2D eigenvalue weighted by Crippen LogP contribution is 2.25. The predicted molar refractivity (Wildman–Crippen MR) is 128 cm³/mol. The van der Waals surface area contributed by atoms with Crippen molar-refractivity contribution in [3.05, 3.63) is 89.1 Å². The normalized spacial score (nSPS) is 17.2. The summed E-state index contributed by atoms with van der Waals surface area (Å²) in [5, 5.41) is 5.87. The second-order valence-electron chi connectivity index (χ2n) is 8.69. The quantitative estimate of drug-likeness (QED) is 0.460. The van der Waals surface area contributed by atoms with Gasteiger partial charge in [-0.1, -0.05) is 12.1 Å². The number of nitrogens with zero attached hydrogens (tertiary/aromatic N) is 1. The van der Waals surface area contributed by atoms with Crippen LogP contribution in [0.25, 0.3) is 0 Å². The summed E-state index contributed by atoms with van der Waals surface area (Å²) in [5.74, 6) is -1.85. The lowest BCUT2D eigenvalue weighted by Gasteiger charge is -2.29. The minimum Gasteiger partial charge on any atom is -0.438 e. The zero-order valence-electron chi connectivity index (χ0n) is 19.6.